The van der Waals surface area contributed by atoms with E-state index in [0.717, 1.165) is 0 Å². The highest BCUT2D eigenvalue weighted by Gasteiger charge is 2.13. The summed E-state index contributed by atoms with van der Waals surface area (Å²) >= 11 is 5.82. The van der Waals surface area contributed by atoms with Crippen molar-refractivity contribution in [3.8, 4) is 11.8 Å². The molecule has 1 rings (SSSR count). The molecule has 5 heteroatoms. The highest BCUT2D eigenvalue weighted by molar-refractivity contribution is 6.30. The standard InChI is InChI=1S/C10H11ClN2O.ClH/c1-6-4-7(11)5-8(10(6)14)9(13)2-3-12;/h4-5,9,14H,2,13H2,1H3;1H/t9-;/m1./s1. The summed E-state index contributed by atoms with van der Waals surface area (Å²) in [5.74, 6) is 0.122. The lowest BCUT2D eigenvalue weighted by molar-refractivity contribution is 0.458. The summed E-state index contributed by atoms with van der Waals surface area (Å²) < 4.78 is 0. The lowest BCUT2D eigenvalue weighted by Crippen LogP contribution is -2.09. The van der Waals surface area contributed by atoms with Crippen LogP contribution in [0.25, 0.3) is 0 Å². The predicted molar refractivity (Wildman–Crippen MR) is 62.3 cm³/mol. The first-order valence-electron chi connectivity index (χ1n) is 4.17. The molecule has 0 aliphatic rings. The number of aromatic hydroxyl groups is 1. The van der Waals surface area contributed by atoms with Gasteiger partial charge in [0.2, 0.25) is 0 Å². The molecule has 3 N–H and O–H groups in total. The van der Waals surface area contributed by atoms with Crippen molar-refractivity contribution >= 4 is 24.0 Å². The van der Waals surface area contributed by atoms with Gasteiger partial charge < -0.3 is 10.8 Å². The first-order chi connectivity index (χ1) is 6.56. The van der Waals surface area contributed by atoms with E-state index in [0.29, 0.717) is 16.1 Å². The third kappa shape index (κ3) is 3.28. The zero-order chi connectivity index (χ0) is 10.7. The zero-order valence-electron chi connectivity index (χ0n) is 8.20. The Hall–Kier alpha value is -0.950. The SMILES string of the molecule is Cc1cc(Cl)cc([C@H](N)CC#N)c1O.Cl. The molecule has 15 heavy (non-hydrogen) atoms. The molecule has 0 saturated heterocycles. The van der Waals surface area contributed by atoms with Crippen molar-refractivity contribution < 1.29 is 5.11 Å². The van der Waals surface area contributed by atoms with Crippen LogP contribution in [0.15, 0.2) is 12.1 Å². The molecular formula is C10H12Cl2N2O. The lowest BCUT2D eigenvalue weighted by Gasteiger charge is -2.12. The number of hydrogen-bond donors (Lipinski definition) is 2. The molecule has 1 aromatic carbocycles. The topological polar surface area (TPSA) is 70.0 Å². The van der Waals surface area contributed by atoms with Gasteiger partial charge in [0.1, 0.15) is 5.75 Å². The number of aryl methyl sites for hydroxylation is 1. The minimum atomic E-state index is -0.489. The number of benzene rings is 1. The minimum Gasteiger partial charge on any atom is -0.507 e. The third-order valence-corrected chi connectivity index (χ3v) is 2.22. The molecule has 0 fully saturated rings. The summed E-state index contributed by atoms with van der Waals surface area (Å²) in [6.07, 6.45) is 0.160. The van der Waals surface area contributed by atoms with Crippen LogP contribution in [-0.4, -0.2) is 5.11 Å². The Balaban J connectivity index is 0.00000196. The van der Waals surface area contributed by atoms with Crippen LogP contribution in [0.5, 0.6) is 5.75 Å². The first kappa shape index (κ1) is 14.1. The molecule has 82 valence electrons. The molecule has 0 aromatic heterocycles. The van der Waals surface area contributed by atoms with E-state index < -0.39 is 6.04 Å². The first-order valence-corrected chi connectivity index (χ1v) is 4.55. The van der Waals surface area contributed by atoms with Crippen LogP contribution in [0.2, 0.25) is 5.02 Å². The van der Waals surface area contributed by atoms with Crippen molar-refractivity contribution in [2.75, 3.05) is 0 Å². The van der Waals surface area contributed by atoms with Gasteiger partial charge in [-0.15, -0.1) is 12.4 Å². The highest BCUT2D eigenvalue weighted by atomic mass is 35.5. The van der Waals surface area contributed by atoms with Crippen molar-refractivity contribution in [2.45, 2.75) is 19.4 Å². The molecule has 0 amide bonds. The Morgan fingerprint density at radius 3 is 2.73 bits per heavy atom. The summed E-state index contributed by atoms with van der Waals surface area (Å²) in [6, 6.07) is 4.71. The van der Waals surface area contributed by atoms with E-state index in [1.165, 1.54) is 0 Å². The molecule has 1 atom stereocenters. The number of rotatable bonds is 2. The molecule has 0 spiro atoms. The highest BCUT2D eigenvalue weighted by Crippen LogP contribution is 2.31. The number of phenols is 1. The van der Waals surface area contributed by atoms with Crippen LogP contribution < -0.4 is 5.73 Å². The Morgan fingerprint density at radius 2 is 2.20 bits per heavy atom. The molecule has 0 saturated carbocycles. The Labute approximate surface area is 99.9 Å². The van der Waals surface area contributed by atoms with Crippen LogP contribution in [0, 0.1) is 18.3 Å². The molecule has 0 aliphatic carbocycles. The van der Waals surface area contributed by atoms with Gasteiger partial charge in [-0.2, -0.15) is 5.26 Å². The van der Waals surface area contributed by atoms with Crippen LogP contribution in [-0.2, 0) is 0 Å². The molecular weight excluding hydrogens is 235 g/mol. The van der Waals surface area contributed by atoms with Crippen LogP contribution >= 0.6 is 24.0 Å². The fourth-order valence-electron chi connectivity index (χ4n) is 1.25. The molecule has 0 bridgehead atoms. The summed E-state index contributed by atoms with van der Waals surface area (Å²) in [6.45, 7) is 1.74. The van der Waals surface area contributed by atoms with Gasteiger partial charge in [0.05, 0.1) is 12.5 Å². The number of halogens is 2. The lowest BCUT2D eigenvalue weighted by atomic mass is 10.0. The second-order valence-corrected chi connectivity index (χ2v) is 3.57. The Bertz CT molecular complexity index is 388. The van der Waals surface area contributed by atoms with Gasteiger partial charge in [-0.3, -0.25) is 0 Å². The van der Waals surface area contributed by atoms with E-state index in [9.17, 15) is 5.11 Å². The van der Waals surface area contributed by atoms with Crippen molar-refractivity contribution in [1.29, 1.82) is 5.26 Å². The van der Waals surface area contributed by atoms with Gasteiger partial charge in [0, 0.05) is 16.6 Å². The van der Waals surface area contributed by atoms with Crippen LogP contribution in [0.4, 0.5) is 0 Å². The zero-order valence-corrected chi connectivity index (χ0v) is 9.77. The second kappa shape index (κ2) is 5.82. The van der Waals surface area contributed by atoms with Crippen molar-refractivity contribution in [3.63, 3.8) is 0 Å². The van der Waals surface area contributed by atoms with Crippen molar-refractivity contribution in [1.82, 2.24) is 0 Å². The summed E-state index contributed by atoms with van der Waals surface area (Å²) in [4.78, 5) is 0. The van der Waals surface area contributed by atoms with E-state index >= 15 is 0 Å². The number of nitrogens with zero attached hydrogens (tertiary/aromatic N) is 1. The fourth-order valence-corrected chi connectivity index (χ4v) is 1.53. The average Bonchev–Trinajstić information content (AvgIpc) is 2.11. The molecule has 0 radical (unpaired) electrons. The van der Waals surface area contributed by atoms with E-state index in [-0.39, 0.29) is 24.6 Å². The van der Waals surface area contributed by atoms with Gasteiger partial charge in [-0.25, -0.2) is 0 Å². The summed E-state index contributed by atoms with van der Waals surface area (Å²) in [5.41, 5.74) is 6.90. The number of nitrogens with two attached hydrogens (primary N) is 1. The molecule has 0 unspecified atom stereocenters. The Kier molecular flexibility index (Phi) is 5.45. The number of hydrogen-bond acceptors (Lipinski definition) is 3. The maximum atomic E-state index is 9.67. The summed E-state index contributed by atoms with van der Waals surface area (Å²) in [7, 11) is 0. The Morgan fingerprint density at radius 1 is 1.60 bits per heavy atom. The van der Waals surface area contributed by atoms with Crippen molar-refractivity contribution in [3.05, 3.63) is 28.3 Å². The molecule has 0 heterocycles. The summed E-state index contributed by atoms with van der Waals surface area (Å²) in [5, 5.41) is 18.7. The number of phenolic OH excluding ortho intramolecular Hbond substituents is 1. The van der Waals surface area contributed by atoms with Crippen LogP contribution in [0.1, 0.15) is 23.6 Å². The third-order valence-electron chi connectivity index (χ3n) is 2.01. The van der Waals surface area contributed by atoms with Gasteiger partial charge >= 0.3 is 0 Å². The maximum absolute atomic E-state index is 9.67. The largest absolute Gasteiger partial charge is 0.507 e. The van der Waals surface area contributed by atoms with E-state index in [1.807, 2.05) is 6.07 Å². The van der Waals surface area contributed by atoms with E-state index in [4.69, 9.17) is 22.6 Å². The fraction of sp³-hybridized carbons (Fsp3) is 0.300. The molecule has 1 aromatic rings. The second-order valence-electron chi connectivity index (χ2n) is 3.13. The monoisotopic (exact) mass is 246 g/mol. The van der Waals surface area contributed by atoms with E-state index in [1.54, 1.807) is 19.1 Å². The van der Waals surface area contributed by atoms with Gasteiger partial charge in [0.15, 0.2) is 0 Å². The quantitative estimate of drug-likeness (QED) is 0.843. The maximum Gasteiger partial charge on any atom is 0.123 e. The normalized spacial score (nSPS) is 11.3. The van der Waals surface area contributed by atoms with Crippen molar-refractivity contribution in [2.24, 2.45) is 5.73 Å². The van der Waals surface area contributed by atoms with Gasteiger partial charge in [-0.05, 0) is 24.6 Å². The van der Waals surface area contributed by atoms with Gasteiger partial charge in [0.25, 0.3) is 0 Å². The molecule has 3 nitrogen and oxygen atoms in total. The van der Waals surface area contributed by atoms with E-state index in [2.05, 4.69) is 0 Å². The average molecular weight is 247 g/mol. The van der Waals surface area contributed by atoms with Crippen LogP contribution in [0.3, 0.4) is 0 Å². The van der Waals surface area contributed by atoms with Gasteiger partial charge in [-0.1, -0.05) is 11.6 Å². The number of nitriles is 1. The smallest absolute Gasteiger partial charge is 0.123 e. The minimum absolute atomic E-state index is 0. The molecule has 0 aliphatic heterocycles. The predicted octanol–water partition coefficient (Wildman–Crippen LogP) is 2.69.